The average molecular weight is 312 g/mol. The van der Waals surface area contributed by atoms with E-state index >= 15 is 0 Å². The number of hydrogen-bond acceptors (Lipinski definition) is 4. The summed E-state index contributed by atoms with van der Waals surface area (Å²) in [4.78, 5) is 4.08. The van der Waals surface area contributed by atoms with Gasteiger partial charge in [-0.3, -0.25) is 4.72 Å². The molecule has 0 aliphatic heterocycles. The van der Waals surface area contributed by atoms with Gasteiger partial charge in [-0.25, -0.2) is 13.4 Å². The quantitative estimate of drug-likeness (QED) is 0.850. The van der Waals surface area contributed by atoms with Crippen LogP contribution in [0.1, 0.15) is 12.5 Å². The lowest BCUT2D eigenvalue weighted by atomic mass is 10.1. The van der Waals surface area contributed by atoms with Gasteiger partial charge in [-0.2, -0.15) is 0 Å². The SMILES string of the molecule is CCc1ccc(N)cc1S(=O)(=O)Nc1ccc(Cl)cn1. The Balaban J connectivity index is 2.40. The Hall–Kier alpha value is -1.79. The molecule has 0 unspecified atom stereocenters. The molecule has 0 radical (unpaired) electrons. The standard InChI is InChI=1S/C13H14ClN3O2S/c1-2-9-3-5-11(15)7-12(9)20(18,19)17-13-6-4-10(14)8-16-13/h3-8H,2,15H2,1H3,(H,16,17). The normalized spacial score (nSPS) is 11.3. The minimum atomic E-state index is -3.73. The summed E-state index contributed by atoms with van der Waals surface area (Å²) in [6, 6.07) is 7.89. The van der Waals surface area contributed by atoms with Crippen molar-refractivity contribution >= 4 is 33.1 Å². The molecule has 1 heterocycles. The number of benzene rings is 1. The Labute approximate surface area is 122 Å². The van der Waals surface area contributed by atoms with E-state index in [-0.39, 0.29) is 10.7 Å². The smallest absolute Gasteiger partial charge is 0.263 e. The molecule has 1 aromatic carbocycles. The van der Waals surface area contributed by atoms with Gasteiger partial charge in [-0.15, -0.1) is 0 Å². The minimum absolute atomic E-state index is 0.164. The highest BCUT2D eigenvalue weighted by Crippen LogP contribution is 2.22. The Morgan fingerprint density at radius 3 is 2.65 bits per heavy atom. The Bertz CT molecular complexity index is 715. The number of nitrogens with two attached hydrogens (primary N) is 1. The third-order valence-corrected chi connectivity index (χ3v) is 4.39. The molecule has 20 heavy (non-hydrogen) atoms. The van der Waals surface area contributed by atoms with E-state index in [2.05, 4.69) is 9.71 Å². The highest BCUT2D eigenvalue weighted by molar-refractivity contribution is 7.92. The fraction of sp³-hybridized carbons (Fsp3) is 0.154. The van der Waals surface area contributed by atoms with Gasteiger partial charge in [-0.1, -0.05) is 24.6 Å². The van der Waals surface area contributed by atoms with Crippen molar-refractivity contribution in [2.45, 2.75) is 18.2 Å². The highest BCUT2D eigenvalue weighted by Gasteiger charge is 2.18. The van der Waals surface area contributed by atoms with E-state index < -0.39 is 10.0 Å². The first-order valence-electron chi connectivity index (χ1n) is 5.95. The van der Waals surface area contributed by atoms with Crippen molar-refractivity contribution < 1.29 is 8.42 Å². The van der Waals surface area contributed by atoms with E-state index in [1.807, 2.05) is 6.92 Å². The molecule has 106 valence electrons. The number of halogens is 1. The molecule has 0 fully saturated rings. The average Bonchev–Trinajstić information content (AvgIpc) is 2.41. The molecule has 0 saturated carbocycles. The van der Waals surface area contributed by atoms with Gasteiger partial charge in [0.05, 0.1) is 9.92 Å². The molecule has 0 atom stereocenters. The second kappa shape index (κ2) is 5.68. The zero-order valence-electron chi connectivity index (χ0n) is 10.8. The molecule has 1 aromatic heterocycles. The zero-order chi connectivity index (χ0) is 14.8. The topological polar surface area (TPSA) is 85.1 Å². The van der Waals surface area contributed by atoms with E-state index in [0.717, 1.165) is 0 Å². The van der Waals surface area contributed by atoms with Crippen LogP contribution in [0, 0.1) is 0 Å². The molecular weight excluding hydrogens is 298 g/mol. The number of nitrogens with one attached hydrogen (secondary N) is 1. The maximum atomic E-state index is 12.4. The van der Waals surface area contributed by atoms with E-state index in [0.29, 0.717) is 22.7 Å². The van der Waals surface area contributed by atoms with E-state index in [4.69, 9.17) is 17.3 Å². The summed E-state index contributed by atoms with van der Waals surface area (Å²) in [6.45, 7) is 1.88. The summed E-state index contributed by atoms with van der Waals surface area (Å²) in [5.74, 6) is 0.207. The van der Waals surface area contributed by atoms with Crippen molar-refractivity contribution in [2.24, 2.45) is 0 Å². The zero-order valence-corrected chi connectivity index (χ0v) is 12.4. The van der Waals surface area contributed by atoms with Crippen LogP contribution in [0.25, 0.3) is 0 Å². The first kappa shape index (κ1) is 14.6. The maximum absolute atomic E-state index is 12.4. The molecule has 2 rings (SSSR count). The molecule has 0 spiro atoms. The van der Waals surface area contributed by atoms with Crippen molar-refractivity contribution in [2.75, 3.05) is 10.5 Å². The summed E-state index contributed by atoms with van der Waals surface area (Å²) < 4.78 is 27.2. The lowest BCUT2D eigenvalue weighted by Gasteiger charge is -2.11. The van der Waals surface area contributed by atoms with E-state index in [1.54, 1.807) is 18.2 Å². The van der Waals surface area contributed by atoms with Crippen LogP contribution in [0.3, 0.4) is 0 Å². The molecule has 0 saturated heterocycles. The van der Waals surface area contributed by atoms with Crippen molar-refractivity contribution in [3.05, 3.63) is 47.1 Å². The van der Waals surface area contributed by atoms with Crippen LogP contribution >= 0.6 is 11.6 Å². The molecule has 7 heteroatoms. The number of aryl methyl sites for hydroxylation is 1. The van der Waals surface area contributed by atoms with Crippen LogP contribution in [0.2, 0.25) is 5.02 Å². The number of nitrogens with zero attached hydrogens (tertiary/aromatic N) is 1. The lowest BCUT2D eigenvalue weighted by molar-refractivity contribution is 0.600. The summed E-state index contributed by atoms with van der Waals surface area (Å²) in [5.41, 5.74) is 6.76. The fourth-order valence-electron chi connectivity index (χ4n) is 1.74. The van der Waals surface area contributed by atoms with Crippen molar-refractivity contribution in [3.8, 4) is 0 Å². The molecule has 3 N–H and O–H groups in total. The van der Waals surface area contributed by atoms with Gasteiger partial charge in [0.2, 0.25) is 0 Å². The fourth-order valence-corrected chi connectivity index (χ4v) is 3.21. The van der Waals surface area contributed by atoms with Crippen LogP contribution in [0.15, 0.2) is 41.4 Å². The molecule has 0 aliphatic carbocycles. The van der Waals surface area contributed by atoms with Crippen LogP contribution in [0.5, 0.6) is 0 Å². The van der Waals surface area contributed by atoms with Gasteiger partial charge in [0.25, 0.3) is 10.0 Å². The highest BCUT2D eigenvalue weighted by atomic mass is 35.5. The van der Waals surface area contributed by atoms with Gasteiger partial charge in [0.15, 0.2) is 0 Å². The van der Waals surface area contributed by atoms with Gasteiger partial charge in [0, 0.05) is 11.9 Å². The predicted octanol–water partition coefficient (Wildman–Crippen LogP) is 2.68. The molecule has 0 aliphatic rings. The monoisotopic (exact) mass is 311 g/mol. The van der Waals surface area contributed by atoms with Crippen molar-refractivity contribution in [1.82, 2.24) is 4.98 Å². The Morgan fingerprint density at radius 2 is 2.05 bits per heavy atom. The number of rotatable bonds is 4. The van der Waals surface area contributed by atoms with Gasteiger partial charge in [0.1, 0.15) is 5.82 Å². The Kier molecular flexibility index (Phi) is 4.15. The van der Waals surface area contributed by atoms with Crippen LogP contribution in [-0.4, -0.2) is 13.4 Å². The first-order valence-corrected chi connectivity index (χ1v) is 7.81. The summed E-state index contributed by atoms with van der Waals surface area (Å²) in [5, 5.41) is 0.436. The number of sulfonamides is 1. The largest absolute Gasteiger partial charge is 0.399 e. The minimum Gasteiger partial charge on any atom is -0.399 e. The van der Waals surface area contributed by atoms with Gasteiger partial charge in [-0.05, 0) is 36.2 Å². The molecule has 2 aromatic rings. The summed E-state index contributed by atoms with van der Waals surface area (Å²) in [7, 11) is -3.73. The first-order chi connectivity index (χ1) is 9.42. The second-order valence-electron chi connectivity index (χ2n) is 4.19. The van der Waals surface area contributed by atoms with E-state index in [1.165, 1.54) is 18.3 Å². The summed E-state index contributed by atoms with van der Waals surface area (Å²) in [6.07, 6.45) is 1.96. The molecular formula is C13H14ClN3O2S. The third-order valence-electron chi connectivity index (χ3n) is 2.73. The van der Waals surface area contributed by atoms with Crippen LogP contribution in [-0.2, 0) is 16.4 Å². The number of hydrogen-bond donors (Lipinski definition) is 2. The summed E-state index contributed by atoms with van der Waals surface area (Å²) >= 11 is 5.71. The molecule has 5 nitrogen and oxygen atoms in total. The van der Waals surface area contributed by atoms with Crippen molar-refractivity contribution in [1.29, 1.82) is 0 Å². The Morgan fingerprint density at radius 1 is 1.30 bits per heavy atom. The maximum Gasteiger partial charge on any atom is 0.263 e. The number of aromatic nitrogens is 1. The number of anilines is 2. The van der Waals surface area contributed by atoms with Crippen LogP contribution < -0.4 is 10.5 Å². The molecule has 0 bridgehead atoms. The third kappa shape index (κ3) is 3.20. The molecule has 0 amide bonds. The van der Waals surface area contributed by atoms with E-state index in [9.17, 15) is 8.42 Å². The van der Waals surface area contributed by atoms with Gasteiger partial charge >= 0.3 is 0 Å². The predicted molar refractivity (Wildman–Crippen MR) is 80.3 cm³/mol. The second-order valence-corrected chi connectivity index (χ2v) is 6.28. The lowest BCUT2D eigenvalue weighted by Crippen LogP contribution is -2.16. The van der Waals surface area contributed by atoms with Crippen molar-refractivity contribution in [3.63, 3.8) is 0 Å². The van der Waals surface area contributed by atoms with Gasteiger partial charge < -0.3 is 5.73 Å². The number of pyridine rings is 1. The van der Waals surface area contributed by atoms with Crippen LogP contribution in [0.4, 0.5) is 11.5 Å². The number of nitrogen functional groups attached to an aromatic ring is 1.